The topological polar surface area (TPSA) is 59.9 Å². The van der Waals surface area contributed by atoms with Crippen molar-refractivity contribution in [1.29, 1.82) is 0 Å². The highest BCUT2D eigenvalue weighted by atomic mass is 16.6. The molecule has 1 saturated carbocycles. The highest BCUT2D eigenvalue weighted by Gasteiger charge is 2.16. The van der Waals surface area contributed by atoms with Crippen LogP contribution < -0.4 is 10.1 Å². The lowest BCUT2D eigenvalue weighted by Gasteiger charge is -2.12. The van der Waals surface area contributed by atoms with E-state index in [-0.39, 0.29) is 18.6 Å². The molecule has 2 rings (SSSR count). The monoisotopic (exact) mass is 304 g/mol. The molecular formula is C17H24N2O3. The number of hydrogen-bond acceptors (Lipinski definition) is 4. The fourth-order valence-corrected chi connectivity index (χ4v) is 2.48. The molecule has 0 unspecified atom stereocenters. The van der Waals surface area contributed by atoms with Crippen molar-refractivity contribution in [3.05, 3.63) is 29.8 Å². The van der Waals surface area contributed by atoms with E-state index in [2.05, 4.69) is 10.5 Å². The van der Waals surface area contributed by atoms with Gasteiger partial charge in [0, 0.05) is 11.6 Å². The van der Waals surface area contributed by atoms with Crippen molar-refractivity contribution in [3.8, 4) is 5.75 Å². The van der Waals surface area contributed by atoms with E-state index in [4.69, 9.17) is 9.57 Å². The van der Waals surface area contributed by atoms with Crippen molar-refractivity contribution in [1.82, 2.24) is 5.32 Å². The fraction of sp³-hybridized carbons (Fsp3) is 0.529. The summed E-state index contributed by atoms with van der Waals surface area (Å²) in [6.07, 6.45) is 6.17. The molecule has 1 aliphatic rings. The van der Waals surface area contributed by atoms with Gasteiger partial charge in [0.2, 0.25) is 0 Å². The molecule has 1 N–H and O–H groups in total. The average molecular weight is 304 g/mol. The van der Waals surface area contributed by atoms with Crippen LogP contribution >= 0.6 is 0 Å². The van der Waals surface area contributed by atoms with Crippen LogP contribution in [0.25, 0.3) is 0 Å². The molecule has 1 fully saturated rings. The van der Waals surface area contributed by atoms with Crippen LogP contribution in [0.4, 0.5) is 0 Å². The van der Waals surface area contributed by atoms with Gasteiger partial charge in [-0.25, -0.2) is 0 Å². The Morgan fingerprint density at radius 3 is 2.82 bits per heavy atom. The molecular weight excluding hydrogens is 280 g/mol. The summed E-state index contributed by atoms with van der Waals surface area (Å²) in [5, 5.41) is 6.81. The van der Waals surface area contributed by atoms with Crippen molar-refractivity contribution in [2.45, 2.75) is 51.7 Å². The molecule has 0 aliphatic heterocycles. The van der Waals surface area contributed by atoms with Crippen molar-refractivity contribution >= 4 is 12.1 Å². The molecule has 5 heteroatoms. The first-order valence-electron chi connectivity index (χ1n) is 7.85. The molecule has 0 aromatic heterocycles. The summed E-state index contributed by atoms with van der Waals surface area (Å²) < 4.78 is 5.69. The zero-order valence-corrected chi connectivity index (χ0v) is 13.2. The lowest BCUT2D eigenvalue weighted by Crippen LogP contribution is -2.34. The van der Waals surface area contributed by atoms with E-state index in [1.807, 2.05) is 38.1 Å². The van der Waals surface area contributed by atoms with Gasteiger partial charge in [0.1, 0.15) is 5.75 Å². The number of carbonyl (C=O) groups is 1. The Kier molecular flexibility index (Phi) is 6.25. The zero-order chi connectivity index (χ0) is 15.8. The van der Waals surface area contributed by atoms with E-state index in [1.165, 1.54) is 12.8 Å². The largest absolute Gasteiger partial charge is 0.490 e. The molecule has 1 aromatic rings. The summed E-state index contributed by atoms with van der Waals surface area (Å²) in [7, 11) is 0. The van der Waals surface area contributed by atoms with Crippen molar-refractivity contribution < 1.29 is 14.4 Å². The molecule has 120 valence electrons. The second-order valence-electron chi connectivity index (χ2n) is 5.76. The fourth-order valence-electron chi connectivity index (χ4n) is 2.48. The normalized spacial score (nSPS) is 15.4. The van der Waals surface area contributed by atoms with Crippen molar-refractivity contribution in [2.24, 2.45) is 5.16 Å². The van der Waals surface area contributed by atoms with Gasteiger partial charge in [-0.15, -0.1) is 0 Å². The Bertz CT molecular complexity index is 508. The molecule has 1 amide bonds. The van der Waals surface area contributed by atoms with E-state index >= 15 is 0 Å². The SMILES string of the molecule is CC(C)Oc1ccccc1/C=N/OCC(=O)NC1CCCC1. The van der Waals surface area contributed by atoms with Crippen LogP contribution in [-0.4, -0.2) is 30.9 Å². The summed E-state index contributed by atoms with van der Waals surface area (Å²) in [4.78, 5) is 16.8. The lowest BCUT2D eigenvalue weighted by atomic mass is 10.2. The molecule has 0 bridgehead atoms. The second-order valence-corrected chi connectivity index (χ2v) is 5.76. The Morgan fingerprint density at radius 1 is 1.36 bits per heavy atom. The van der Waals surface area contributed by atoms with E-state index in [0.29, 0.717) is 6.04 Å². The Hall–Kier alpha value is -2.04. The van der Waals surface area contributed by atoms with Crippen LogP contribution in [0.3, 0.4) is 0 Å². The van der Waals surface area contributed by atoms with Gasteiger partial charge in [0.05, 0.1) is 12.3 Å². The highest BCUT2D eigenvalue weighted by molar-refractivity contribution is 5.83. The van der Waals surface area contributed by atoms with Crippen LogP contribution in [-0.2, 0) is 9.63 Å². The number of nitrogens with zero attached hydrogens (tertiary/aromatic N) is 1. The molecule has 0 spiro atoms. The predicted octanol–water partition coefficient (Wildman–Crippen LogP) is 2.88. The maximum atomic E-state index is 11.7. The van der Waals surface area contributed by atoms with Gasteiger partial charge in [-0.1, -0.05) is 30.1 Å². The Labute approximate surface area is 131 Å². The minimum absolute atomic E-state index is 0.0554. The van der Waals surface area contributed by atoms with Gasteiger partial charge < -0.3 is 14.9 Å². The molecule has 0 heterocycles. The predicted molar refractivity (Wildman–Crippen MR) is 86.2 cm³/mol. The molecule has 5 nitrogen and oxygen atoms in total. The van der Waals surface area contributed by atoms with Crippen LogP contribution in [0, 0.1) is 0 Å². The number of para-hydroxylation sites is 1. The van der Waals surface area contributed by atoms with Crippen LogP contribution in [0.2, 0.25) is 0 Å². The number of benzene rings is 1. The quantitative estimate of drug-likeness (QED) is 0.622. The minimum atomic E-state index is -0.115. The number of hydrogen-bond donors (Lipinski definition) is 1. The van der Waals surface area contributed by atoms with Crippen LogP contribution in [0.5, 0.6) is 5.75 Å². The lowest BCUT2D eigenvalue weighted by molar-refractivity contribution is -0.126. The maximum Gasteiger partial charge on any atom is 0.260 e. The molecule has 0 atom stereocenters. The van der Waals surface area contributed by atoms with Gasteiger partial charge in [-0.2, -0.15) is 0 Å². The summed E-state index contributed by atoms with van der Waals surface area (Å²) in [5.41, 5.74) is 0.826. The Balaban J connectivity index is 1.78. The molecule has 0 saturated heterocycles. The number of amides is 1. The van der Waals surface area contributed by atoms with Crippen molar-refractivity contribution in [2.75, 3.05) is 6.61 Å². The summed E-state index contributed by atoms with van der Waals surface area (Å²) in [6.45, 7) is 3.88. The van der Waals surface area contributed by atoms with Gasteiger partial charge in [-0.3, -0.25) is 4.79 Å². The van der Waals surface area contributed by atoms with Crippen molar-refractivity contribution in [3.63, 3.8) is 0 Å². The number of oxime groups is 1. The third-order valence-corrected chi connectivity index (χ3v) is 3.46. The third kappa shape index (κ3) is 5.39. The number of ether oxygens (including phenoxy) is 1. The first-order valence-corrected chi connectivity index (χ1v) is 7.85. The summed E-state index contributed by atoms with van der Waals surface area (Å²) in [5.74, 6) is 0.635. The standard InChI is InChI=1S/C17H24N2O3/c1-13(2)22-16-10-6-3-7-14(16)11-18-21-12-17(20)19-15-8-4-5-9-15/h3,6-7,10-11,13,15H,4-5,8-9,12H2,1-2H3,(H,19,20)/b18-11+. The first-order chi connectivity index (χ1) is 10.6. The van der Waals surface area contributed by atoms with Gasteiger partial charge >= 0.3 is 0 Å². The summed E-state index contributed by atoms with van der Waals surface area (Å²) >= 11 is 0. The summed E-state index contributed by atoms with van der Waals surface area (Å²) in [6, 6.07) is 7.89. The molecule has 1 aliphatic carbocycles. The van der Waals surface area contributed by atoms with E-state index in [1.54, 1.807) is 6.21 Å². The van der Waals surface area contributed by atoms with Crippen LogP contribution in [0.15, 0.2) is 29.4 Å². The van der Waals surface area contributed by atoms with E-state index in [9.17, 15) is 4.79 Å². The zero-order valence-electron chi connectivity index (χ0n) is 13.2. The highest BCUT2D eigenvalue weighted by Crippen LogP contribution is 2.18. The van der Waals surface area contributed by atoms with Gasteiger partial charge in [0.15, 0.2) is 6.61 Å². The molecule has 0 radical (unpaired) electrons. The maximum absolute atomic E-state index is 11.7. The van der Waals surface area contributed by atoms with Gasteiger partial charge in [-0.05, 0) is 38.8 Å². The number of carbonyl (C=O) groups excluding carboxylic acids is 1. The molecule has 1 aromatic carbocycles. The third-order valence-electron chi connectivity index (χ3n) is 3.46. The van der Waals surface area contributed by atoms with E-state index < -0.39 is 0 Å². The first kappa shape index (κ1) is 16.3. The Morgan fingerprint density at radius 2 is 2.09 bits per heavy atom. The van der Waals surface area contributed by atoms with E-state index in [0.717, 1.165) is 24.2 Å². The van der Waals surface area contributed by atoms with Crippen LogP contribution in [0.1, 0.15) is 45.1 Å². The minimum Gasteiger partial charge on any atom is -0.490 e. The molecule has 22 heavy (non-hydrogen) atoms. The smallest absolute Gasteiger partial charge is 0.260 e. The number of nitrogens with one attached hydrogen (secondary N) is 1. The second kappa shape index (κ2) is 8.41. The average Bonchev–Trinajstić information content (AvgIpc) is 2.97. The van der Waals surface area contributed by atoms with Gasteiger partial charge in [0.25, 0.3) is 5.91 Å². The number of rotatable bonds is 7.